The van der Waals surface area contributed by atoms with Crippen molar-refractivity contribution >= 4 is 28.8 Å². The molecular weight excluding hydrogens is 292 g/mol. The number of nitrogens with zero attached hydrogens (tertiary/aromatic N) is 1. The third kappa shape index (κ3) is 3.08. The second kappa shape index (κ2) is 6.36. The van der Waals surface area contributed by atoms with Gasteiger partial charge < -0.3 is 14.8 Å². The number of nitrogens with one attached hydrogen (secondary N) is 1. The van der Waals surface area contributed by atoms with Gasteiger partial charge in [-0.2, -0.15) is 0 Å². The largest absolute Gasteiger partial charge is 0.494 e. The number of aromatic amines is 1. The molecule has 0 aliphatic carbocycles. The van der Waals surface area contributed by atoms with Crippen molar-refractivity contribution in [2.75, 3.05) is 6.61 Å². The lowest BCUT2D eigenvalue weighted by Gasteiger charge is -2.02. The summed E-state index contributed by atoms with van der Waals surface area (Å²) in [5.74, 6) is -0.223. The number of carbonyl (C=O) groups is 1. The van der Waals surface area contributed by atoms with E-state index >= 15 is 0 Å². The second-order valence-corrected chi connectivity index (χ2v) is 4.95. The topological polar surface area (TPSA) is 74.7 Å². The van der Waals surface area contributed by atoms with Gasteiger partial charge in [-0.05, 0) is 37.3 Å². The molecular formula is C18H16N2O3. The highest BCUT2D eigenvalue weighted by Gasteiger charge is 2.15. The van der Waals surface area contributed by atoms with Crippen LogP contribution in [-0.4, -0.2) is 28.9 Å². The summed E-state index contributed by atoms with van der Waals surface area (Å²) >= 11 is 0. The van der Waals surface area contributed by atoms with Crippen molar-refractivity contribution in [2.45, 2.75) is 6.92 Å². The maximum atomic E-state index is 11.4. The van der Waals surface area contributed by atoms with Gasteiger partial charge in [0.05, 0.1) is 12.3 Å². The minimum absolute atomic E-state index is 0.140. The zero-order chi connectivity index (χ0) is 16.2. The molecule has 0 radical (unpaired) electrons. The van der Waals surface area contributed by atoms with Gasteiger partial charge in [0.1, 0.15) is 11.4 Å². The molecule has 0 aliphatic rings. The standard InChI is InChI=1S/C18H16N2O3/c1-2-23-13-9-7-12(8-10-13)19-11-15-14-5-3-4-6-16(14)20-17(15)18(21)22/h3-11,20H,2H2,1H3,(H,21,22). The van der Waals surface area contributed by atoms with E-state index in [0.717, 1.165) is 22.3 Å². The first-order valence-electron chi connectivity index (χ1n) is 7.30. The quantitative estimate of drug-likeness (QED) is 0.699. The lowest BCUT2D eigenvalue weighted by Crippen LogP contribution is -2.00. The van der Waals surface area contributed by atoms with Crippen LogP contribution in [0.15, 0.2) is 53.5 Å². The van der Waals surface area contributed by atoms with Crippen molar-refractivity contribution in [3.8, 4) is 5.75 Å². The number of aromatic carboxylic acids is 1. The summed E-state index contributed by atoms with van der Waals surface area (Å²) in [7, 11) is 0. The molecule has 1 aromatic heterocycles. The van der Waals surface area contributed by atoms with Gasteiger partial charge in [-0.15, -0.1) is 0 Å². The molecule has 5 nitrogen and oxygen atoms in total. The second-order valence-electron chi connectivity index (χ2n) is 4.95. The first-order chi connectivity index (χ1) is 11.2. The first-order valence-corrected chi connectivity index (χ1v) is 7.30. The fourth-order valence-corrected chi connectivity index (χ4v) is 2.40. The van der Waals surface area contributed by atoms with Gasteiger partial charge in [-0.3, -0.25) is 4.99 Å². The van der Waals surface area contributed by atoms with Crippen LogP contribution in [0, 0.1) is 0 Å². The molecule has 1 heterocycles. The SMILES string of the molecule is CCOc1ccc(N=Cc2c(C(=O)O)[nH]c3ccccc23)cc1. The fraction of sp³-hybridized carbons (Fsp3) is 0.111. The molecule has 2 aromatic carbocycles. The van der Waals surface area contributed by atoms with E-state index in [4.69, 9.17) is 4.74 Å². The number of aromatic nitrogens is 1. The molecule has 0 unspecified atom stereocenters. The highest BCUT2D eigenvalue weighted by molar-refractivity contribution is 6.09. The van der Waals surface area contributed by atoms with Crippen molar-refractivity contribution < 1.29 is 14.6 Å². The van der Waals surface area contributed by atoms with Crippen LogP contribution in [0.2, 0.25) is 0 Å². The van der Waals surface area contributed by atoms with Crippen molar-refractivity contribution in [1.29, 1.82) is 0 Å². The number of hydrogen-bond donors (Lipinski definition) is 2. The summed E-state index contributed by atoms with van der Waals surface area (Å²) in [6.45, 7) is 2.54. The Morgan fingerprint density at radius 1 is 1.22 bits per heavy atom. The number of fused-ring (bicyclic) bond motifs is 1. The number of rotatable bonds is 5. The molecule has 0 fully saturated rings. The third-order valence-corrected chi connectivity index (χ3v) is 3.45. The molecule has 116 valence electrons. The number of para-hydroxylation sites is 1. The molecule has 0 saturated carbocycles. The van der Waals surface area contributed by atoms with Crippen LogP contribution in [0.25, 0.3) is 10.9 Å². The van der Waals surface area contributed by atoms with E-state index in [0.29, 0.717) is 12.2 Å². The molecule has 3 aromatic rings. The lowest BCUT2D eigenvalue weighted by atomic mass is 10.1. The Morgan fingerprint density at radius 3 is 2.65 bits per heavy atom. The smallest absolute Gasteiger partial charge is 0.353 e. The molecule has 0 aliphatic heterocycles. The van der Waals surface area contributed by atoms with Crippen LogP contribution >= 0.6 is 0 Å². The molecule has 0 saturated heterocycles. The van der Waals surface area contributed by atoms with E-state index in [1.54, 1.807) is 6.21 Å². The Bertz CT molecular complexity index is 864. The Labute approximate surface area is 133 Å². The highest BCUT2D eigenvalue weighted by Crippen LogP contribution is 2.23. The Balaban J connectivity index is 1.96. The van der Waals surface area contributed by atoms with Crippen LogP contribution in [0.1, 0.15) is 23.0 Å². The van der Waals surface area contributed by atoms with Crippen LogP contribution in [0.3, 0.4) is 0 Å². The lowest BCUT2D eigenvalue weighted by molar-refractivity contribution is 0.0691. The van der Waals surface area contributed by atoms with Crippen molar-refractivity contribution in [2.24, 2.45) is 4.99 Å². The number of ether oxygens (including phenoxy) is 1. The van der Waals surface area contributed by atoms with Crippen LogP contribution < -0.4 is 4.74 Å². The predicted octanol–water partition coefficient (Wildman–Crippen LogP) is 4.02. The minimum Gasteiger partial charge on any atom is -0.494 e. The third-order valence-electron chi connectivity index (χ3n) is 3.45. The van der Waals surface area contributed by atoms with E-state index in [1.807, 2.05) is 55.5 Å². The van der Waals surface area contributed by atoms with Crippen LogP contribution in [0.4, 0.5) is 5.69 Å². The molecule has 23 heavy (non-hydrogen) atoms. The molecule has 0 amide bonds. The van der Waals surface area contributed by atoms with Gasteiger partial charge in [-0.1, -0.05) is 18.2 Å². The van der Waals surface area contributed by atoms with Gasteiger partial charge in [0, 0.05) is 22.7 Å². The average Bonchev–Trinajstić information content (AvgIpc) is 2.93. The molecule has 2 N–H and O–H groups in total. The maximum absolute atomic E-state index is 11.4. The summed E-state index contributed by atoms with van der Waals surface area (Å²) in [5, 5.41) is 10.2. The summed E-state index contributed by atoms with van der Waals surface area (Å²) in [5.41, 5.74) is 2.22. The summed E-state index contributed by atoms with van der Waals surface area (Å²) < 4.78 is 5.38. The number of benzene rings is 2. The van der Waals surface area contributed by atoms with E-state index in [-0.39, 0.29) is 5.69 Å². The zero-order valence-corrected chi connectivity index (χ0v) is 12.6. The Hall–Kier alpha value is -3.08. The fourth-order valence-electron chi connectivity index (χ4n) is 2.40. The number of hydrogen-bond acceptors (Lipinski definition) is 3. The summed E-state index contributed by atoms with van der Waals surface area (Å²) in [6, 6.07) is 14.8. The number of H-pyrrole nitrogens is 1. The highest BCUT2D eigenvalue weighted by atomic mass is 16.5. The van der Waals surface area contributed by atoms with E-state index in [1.165, 1.54) is 0 Å². The van der Waals surface area contributed by atoms with Gasteiger partial charge in [-0.25, -0.2) is 4.79 Å². The number of aliphatic imine (C=N–C) groups is 1. The number of carboxylic acid groups (broad SMARTS) is 1. The molecule has 0 atom stereocenters. The normalized spacial score (nSPS) is 11.2. The maximum Gasteiger partial charge on any atom is 0.353 e. The molecule has 0 spiro atoms. The molecule has 5 heteroatoms. The molecule has 0 bridgehead atoms. The summed E-state index contributed by atoms with van der Waals surface area (Å²) in [6.07, 6.45) is 1.58. The van der Waals surface area contributed by atoms with Gasteiger partial charge in [0.25, 0.3) is 0 Å². The summed E-state index contributed by atoms with van der Waals surface area (Å²) in [4.78, 5) is 18.7. The Morgan fingerprint density at radius 2 is 1.96 bits per heavy atom. The van der Waals surface area contributed by atoms with Gasteiger partial charge in [0.15, 0.2) is 0 Å². The Kier molecular flexibility index (Phi) is 4.10. The zero-order valence-electron chi connectivity index (χ0n) is 12.6. The number of carboxylic acids is 1. The van der Waals surface area contributed by atoms with Gasteiger partial charge in [0.2, 0.25) is 0 Å². The van der Waals surface area contributed by atoms with Crippen molar-refractivity contribution in [1.82, 2.24) is 4.98 Å². The average molecular weight is 308 g/mol. The van der Waals surface area contributed by atoms with Crippen LogP contribution in [0.5, 0.6) is 5.75 Å². The van der Waals surface area contributed by atoms with Crippen LogP contribution in [-0.2, 0) is 0 Å². The first kappa shape index (κ1) is 14.8. The predicted molar refractivity (Wildman–Crippen MR) is 90.1 cm³/mol. The van der Waals surface area contributed by atoms with Crippen molar-refractivity contribution in [3.05, 3.63) is 59.8 Å². The van der Waals surface area contributed by atoms with Crippen molar-refractivity contribution in [3.63, 3.8) is 0 Å². The van der Waals surface area contributed by atoms with E-state index < -0.39 is 5.97 Å². The van der Waals surface area contributed by atoms with E-state index in [2.05, 4.69) is 9.98 Å². The monoisotopic (exact) mass is 308 g/mol. The van der Waals surface area contributed by atoms with E-state index in [9.17, 15) is 9.90 Å². The van der Waals surface area contributed by atoms with Gasteiger partial charge >= 0.3 is 5.97 Å². The minimum atomic E-state index is -1.01. The molecule has 3 rings (SSSR count).